The molecule has 2 heterocycles. The molecule has 0 spiro atoms. The second-order valence-electron chi connectivity index (χ2n) is 4.54. The number of hydrogen-bond donors (Lipinski definition) is 1. The number of rotatable bonds is 4. The maximum Gasteiger partial charge on any atom is 0.214 e. The second kappa shape index (κ2) is 5.64. The van der Waals surface area contributed by atoms with Crippen molar-refractivity contribution in [2.45, 2.75) is 44.6 Å². The summed E-state index contributed by atoms with van der Waals surface area (Å²) >= 11 is 1.51. The van der Waals surface area contributed by atoms with Crippen LogP contribution in [0.3, 0.4) is 0 Å². The number of sulfonamides is 1. The van der Waals surface area contributed by atoms with Gasteiger partial charge in [0, 0.05) is 24.2 Å². The van der Waals surface area contributed by atoms with Gasteiger partial charge >= 0.3 is 0 Å². The Balaban J connectivity index is 1.94. The van der Waals surface area contributed by atoms with Gasteiger partial charge in [-0.1, -0.05) is 0 Å². The van der Waals surface area contributed by atoms with Gasteiger partial charge in [0.1, 0.15) is 0 Å². The summed E-state index contributed by atoms with van der Waals surface area (Å²) in [6.07, 6.45) is 2.87. The summed E-state index contributed by atoms with van der Waals surface area (Å²) in [7, 11) is -3.26. The van der Waals surface area contributed by atoms with Crippen molar-refractivity contribution in [3.63, 3.8) is 0 Å². The highest BCUT2D eigenvalue weighted by Crippen LogP contribution is 2.20. The molecule has 102 valence electrons. The Kier molecular flexibility index (Phi) is 4.37. The normalized spacial score (nSPS) is 25.2. The Morgan fingerprint density at radius 3 is 3.00 bits per heavy atom. The molecule has 2 rings (SSSR count). The smallest absolute Gasteiger partial charge is 0.214 e. The highest BCUT2D eigenvalue weighted by atomic mass is 32.2. The number of thiazole rings is 1. The molecule has 1 aliphatic rings. The van der Waals surface area contributed by atoms with E-state index in [-0.39, 0.29) is 11.4 Å². The molecule has 0 bridgehead atoms. The molecule has 1 aromatic heterocycles. The number of nitrogens with one attached hydrogen (secondary N) is 1. The van der Waals surface area contributed by atoms with E-state index in [1.807, 2.05) is 13.8 Å². The molecule has 5 nitrogen and oxygen atoms in total. The molecule has 1 aromatic rings. The number of aryl methyl sites for hydroxylation is 1. The first-order valence-corrected chi connectivity index (χ1v) is 8.35. The van der Waals surface area contributed by atoms with Crippen LogP contribution in [0.2, 0.25) is 0 Å². The van der Waals surface area contributed by atoms with E-state index in [4.69, 9.17) is 4.74 Å². The van der Waals surface area contributed by atoms with Crippen molar-refractivity contribution in [2.24, 2.45) is 0 Å². The van der Waals surface area contributed by atoms with Gasteiger partial charge in [-0.3, -0.25) is 0 Å². The number of nitrogens with zero attached hydrogens (tertiary/aromatic N) is 1. The van der Waals surface area contributed by atoms with Crippen LogP contribution in [0.1, 0.15) is 29.7 Å². The van der Waals surface area contributed by atoms with E-state index in [9.17, 15) is 8.42 Å². The highest BCUT2D eigenvalue weighted by molar-refractivity contribution is 7.90. The van der Waals surface area contributed by atoms with Crippen LogP contribution in [0.15, 0.2) is 6.20 Å². The van der Waals surface area contributed by atoms with E-state index in [0.717, 1.165) is 9.88 Å². The monoisotopic (exact) mass is 290 g/mol. The fourth-order valence-corrected chi connectivity index (χ4v) is 4.36. The molecule has 1 aliphatic heterocycles. The van der Waals surface area contributed by atoms with Crippen molar-refractivity contribution in [3.8, 4) is 0 Å². The van der Waals surface area contributed by atoms with Gasteiger partial charge in [-0.05, 0) is 26.7 Å². The van der Waals surface area contributed by atoms with Crippen molar-refractivity contribution in [2.75, 3.05) is 6.61 Å². The minimum atomic E-state index is -3.26. The van der Waals surface area contributed by atoms with E-state index in [1.165, 1.54) is 11.3 Å². The third kappa shape index (κ3) is 3.50. The molecule has 18 heavy (non-hydrogen) atoms. The lowest BCUT2D eigenvalue weighted by Gasteiger charge is -2.27. The summed E-state index contributed by atoms with van der Waals surface area (Å²) in [6.45, 7) is 4.67. The Hall–Kier alpha value is -0.500. The predicted molar refractivity (Wildman–Crippen MR) is 71.0 cm³/mol. The van der Waals surface area contributed by atoms with Crippen molar-refractivity contribution in [1.29, 1.82) is 0 Å². The van der Waals surface area contributed by atoms with E-state index in [1.54, 1.807) is 6.20 Å². The highest BCUT2D eigenvalue weighted by Gasteiger charge is 2.30. The van der Waals surface area contributed by atoms with Gasteiger partial charge in [-0.2, -0.15) is 0 Å². The second-order valence-corrected chi connectivity index (χ2v) is 7.90. The molecule has 1 fully saturated rings. The molecule has 0 amide bonds. The average molecular weight is 290 g/mol. The number of aromatic nitrogens is 1. The zero-order valence-corrected chi connectivity index (χ0v) is 12.2. The fraction of sp³-hybridized carbons (Fsp3) is 0.727. The van der Waals surface area contributed by atoms with Crippen molar-refractivity contribution < 1.29 is 13.2 Å². The summed E-state index contributed by atoms with van der Waals surface area (Å²) in [4.78, 5) is 5.05. The minimum absolute atomic E-state index is 0.0194. The van der Waals surface area contributed by atoms with Crippen molar-refractivity contribution in [1.82, 2.24) is 9.71 Å². The molecule has 0 radical (unpaired) electrons. The lowest BCUT2D eigenvalue weighted by molar-refractivity contribution is 0.0299. The van der Waals surface area contributed by atoms with Gasteiger partial charge in [0.25, 0.3) is 0 Å². The maximum absolute atomic E-state index is 12.1. The van der Waals surface area contributed by atoms with Crippen LogP contribution in [-0.4, -0.2) is 31.4 Å². The summed E-state index contributed by atoms with van der Waals surface area (Å²) in [6, 6.07) is 0. The van der Waals surface area contributed by atoms with Gasteiger partial charge in [-0.25, -0.2) is 18.1 Å². The van der Waals surface area contributed by atoms with E-state index in [0.29, 0.717) is 26.0 Å². The van der Waals surface area contributed by atoms with Crippen molar-refractivity contribution in [3.05, 3.63) is 16.1 Å². The van der Waals surface area contributed by atoms with Crippen molar-refractivity contribution >= 4 is 21.4 Å². The SMILES string of the molecule is Cc1ncc(CNS(=O)(=O)[C@@H]2CCO[C@H](C)C2)s1. The first kappa shape index (κ1) is 13.9. The van der Waals surface area contributed by atoms with E-state index >= 15 is 0 Å². The summed E-state index contributed by atoms with van der Waals surface area (Å²) in [5, 5.41) is 0.610. The Bertz CT molecular complexity index is 498. The minimum Gasteiger partial charge on any atom is -0.378 e. The quantitative estimate of drug-likeness (QED) is 0.911. The van der Waals surface area contributed by atoms with Gasteiger partial charge in [-0.15, -0.1) is 11.3 Å². The Labute approximate surface area is 112 Å². The van der Waals surface area contributed by atoms with Gasteiger partial charge in [0.05, 0.1) is 16.4 Å². The standard InChI is InChI=1S/C11H18N2O3S2/c1-8-5-11(3-4-16-8)18(14,15)13-7-10-6-12-9(2)17-10/h6,8,11,13H,3-5,7H2,1-2H3/t8-,11-/m1/s1. The van der Waals surface area contributed by atoms with Crippen LogP contribution in [-0.2, 0) is 21.3 Å². The summed E-state index contributed by atoms with van der Waals surface area (Å²) < 4.78 is 32.3. The first-order valence-electron chi connectivity index (χ1n) is 5.99. The van der Waals surface area contributed by atoms with Gasteiger partial charge < -0.3 is 4.74 Å². The van der Waals surface area contributed by atoms with Crippen LogP contribution in [0, 0.1) is 6.92 Å². The van der Waals surface area contributed by atoms with Crippen LogP contribution in [0.4, 0.5) is 0 Å². The topological polar surface area (TPSA) is 68.3 Å². The molecular formula is C11H18N2O3S2. The third-order valence-electron chi connectivity index (χ3n) is 2.99. The predicted octanol–water partition coefficient (Wildman–Crippen LogP) is 1.44. The Morgan fingerprint density at radius 1 is 1.61 bits per heavy atom. The summed E-state index contributed by atoms with van der Waals surface area (Å²) in [5.41, 5.74) is 0. The lowest BCUT2D eigenvalue weighted by atomic mass is 10.1. The lowest BCUT2D eigenvalue weighted by Crippen LogP contribution is -2.39. The largest absolute Gasteiger partial charge is 0.378 e. The van der Waals surface area contributed by atoms with Crippen LogP contribution in [0.5, 0.6) is 0 Å². The molecule has 7 heteroatoms. The van der Waals surface area contributed by atoms with Gasteiger partial charge in [0.2, 0.25) is 10.0 Å². The van der Waals surface area contributed by atoms with Crippen LogP contribution in [0.25, 0.3) is 0 Å². The van der Waals surface area contributed by atoms with E-state index in [2.05, 4.69) is 9.71 Å². The molecule has 1 saturated heterocycles. The fourth-order valence-electron chi connectivity index (χ4n) is 2.02. The van der Waals surface area contributed by atoms with Crippen LogP contribution >= 0.6 is 11.3 Å². The Morgan fingerprint density at radius 2 is 2.39 bits per heavy atom. The summed E-state index contributed by atoms with van der Waals surface area (Å²) in [5.74, 6) is 0. The molecule has 0 aromatic carbocycles. The number of hydrogen-bond acceptors (Lipinski definition) is 5. The molecule has 0 unspecified atom stereocenters. The van der Waals surface area contributed by atoms with Gasteiger partial charge in [0.15, 0.2) is 0 Å². The molecular weight excluding hydrogens is 272 g/mol. The third-order valence-corrected chi connectivity index (χ3v) is 5.76. The molecule has 2 atom stereocenters. The first-order chi connectivity index (χ1) is 8.47. The zero-order valence-electron chi connectivity index (χ0n) is 10.5. The average Bonchev–Trinajstić information content (AvgIpc) is 2.73. The van der Waals surface area contributed by atoms with E-state index < -0.39 is 10.0 Å². The molecule has 1 N–H and O–H groups in total. The molecule has 0 saturated carbocycles. The maximum atomic E-state index is 12.1. The zero-order chi connectivity index (χ0) is 13.2. The van der Waals surface area contributed by atoms with Crippen LogP contribution < -0.4 is 4.72 Å². The number of ether oxygens (including phenoxy) is 1. The molecule has 0 aliphatic carbocycles.